The van der Waals surface area contributed by atoms with Crippen molar-refractivity contribution in [2.24, 2.45) is 5.92 Å². The lowest BCUT2D eigenvalue weighted by Crippen LogP contribution is -2.37. The predicted octanol–water partition coefficient (Wildman–Crippen LogP) is 2.42. The smallest absolute Gasteiger partial charge is 0.269 e. The molecule has 1 unspecified atom stereocenters. The van der Waals surface area contributed by atoms with E-state index in [4.69, 9.17) is 14.2 Å². The van der Waals surface area contributed by atoms with Gasteiger partial charge in [0, 0.05) is 43.7 Å². The van der Waals surface area contributed by atoms with Gasteiger partial charge in [-0.1, -0.05) is 0 Å². The van der Waals surface area contributed by atoms with Crippen molar-refractivity contribution in [3.05, 3.63) is 30.2 Å². The first-order valence-electron chi connectivity index (χ1n) is 11.3. The van der Waals surface area contributed by atoms with Crippen LogP contribution in [0.2, 0.25) is 0 Å². The Bertz CT molecular complexity index is 864. The average molecular weight is 429 g/mol. The number of fused-ring (bicyclic) bond motifs is 1. The van der Waals surface area contributed by atoms with Gasteiger partial charge < -0.3 is 24.4 Å². The number of aromatic nitrogens is 2. The Morgan fingerprint density at radius 3 is 2.87 bits per heavy atom. The number of hydrogen-bond acceptors (Lipinski definition) is 7. The van der Waals surface area contributed by atoms with Gasteiger partial charge in [-0.3, -0.25) is 9.78 Å². The van der Waals surface area contributed by atoms with Gasteiger partial charge in [-0.05, 0) is 38.3 Å². The number of amides is 1. The Morgan fingerprint density at radius 1 is 1.23 bits per heavy atom. The zero-order valence-corrected chi connectivity index (χ0v) is 18.2. The average Bonchev–Trinajstić information content (AvgIpc) is 3.32. The Labute approximate surface area is 183 Å². The second-order valence-corrected chi connectivity index (χ2v) is 8.15. The van der Waals surface area contributed by atoms with Crippen LogP contribution in [0.5, 0.6) is 0 Å². The fourth-order valence-corrected chi connectivity index (χ4v) is 4.14. The molecule has 8 nitrogen and oxygen atoms in total. The van der Waals surface area contributed by atoms with Gasteiger partial charge in [0.15, 0.2) is 0 Å². The van der Waals surface area contributed by atoms with E-state index in [0.29, 0.717) is 31.4 Å². The van der Waals surface area contributed by atoms with Crippen LogP contribution >= 0.6 is 0 Å². The van der Waals surface area contributed by atoms with E-state index in [0.717, 1.165) is 68.8 Å². The van der Waals surface area contributed by atoms with Crippen LogP contribution in [0.3, 0.4) is 0 Å². The molecule has 8 heteroatoms. The zero-order valence-electron chi connectivity index (χ0n) is 18.2. The molecule has 0 spiro atoms. The highest BCUT2D eigenvalue weighted by molar-refractivity contribution is 5.97. The zero-order chi connectivity index (χ0) is 21.5. The Hall–Kier alpha value is -2.29. The van der Waals surface area contributed by atoms with Gasteiger partial charge in [0.05, 0.1) is 49.9 Å². The number of piperidine rings is 1. The second kappa shape index (κ2) is 10.8. The van der Waals surface area contributed by atoms with Crippen molar-refractivity contribution >= 4 is 22.5 Å². The lowest BCUT2D eigenvalue weighted by atomic mass is 10.1. The van der Waals surface area contributed by atoms with Gasteiger partial charge in [-0.15, -0.1) is 0 Å². The summed E-state index contributed by atoms with van der Waals surface area (Å²) in [6.07, 6.45) is 6.88. The highest BCUT2D eigenvalue weighted by atomic mass is 16.5. The maximum Gasteiger partial charge on any atom is 0.269 e. The largest absolute Gasteiger partial charge is 0.381 e. The van der Waals surface area contributed by atoms with Gasteiger partial charge in [0.2, 0.25) is 0 Å². The molecule has 4 heterocycles. The van der Waals surface area contributed by atoms with Crippen LogP contribution in [0.4, 0.5) is 5.69 Å². The third kappa shape index (κ3) is 5.70. The van der Waals surface area contributed by atoms with E-state index in [1.807, 2.05) is 19.2 Å². The highest BCUT2D eigenvalue weighted by Crippen LogP contribution is 2.27. The van der Waals surface area contributed by atoms with E-state index in [1.165, 1.54) is 0 Å². The number of carbonyl (C=O) groups is 1. The minimum Gasteiger partial charge on any atom is -0.381 e. The number of rotatable bonds is 9. The van der Waals surface area contributed by atoms with E-state index in [1.54, 1.807) is 12.3 Å². The first-order valence-corrected chi connectivity index (χ1v) is 11.3. The molecule has 1 amide bonds. The minimum atomic E-state index is -0.151. The van der Waals surface area contributed by atoms with E-state index >= 15 is 0 Å². The molecule has 0 aliphatic carbocycles. The Morgan fingerprint density at radius 2 is 2.10 bits per heavy atom. The summed E-state index contributed by atoms with van der Waals surface area (Å²) >= 11 is 0. The number of nitrogens with one attached hydrogen (secondary N) is 1. The Kier molecular flexibility index (Phi) is 7.66. The SMILES string of the molecule is CCNC(=O)c1ccc2cncc(N3CCC(OCCOCC4CCOC4)CC3)c2n1. The molecule has 168 valence electrons. The van der Waals surface area contributed by atoms with Crippen LogP contribution in [0.25, 0.3) is 10.9 Å². The van der Waals surface area contributed by atoms with Crippen molar-refractivity contribution in [3.8, 4) is 0 Å². The first-order chi connectivity index (χ1) is 15.2. The summed E-state index contributed by atoms with van der Waals surface area (Å²) in [7, 11) is 0. The van der Waals surface area contributed by atoms with Crippen LogP contribution in [-0.2, 0) is 14.2 Å². The van der Waals surface area contributed by atoms with Crippen molar-refractivity contribution in [1.29, 1.82) is 0 Å². The van der Waals surface area contributed by atoms with E-state index in [2.05, 4.69) is 20.2 Å². The molecule has 2 aliphatic rings. The topological polar surface area (TPSA) is 85.8 Å². The molecule has 2 saturated heterocycles. The summed E-state index contributed by atoms with van der Waals surface area (Å²) in [5, 5.41) is 3.75. The third-order valence-corrected chi connectivity index (χ3v) is 5.89. The second-order valence-electron chi connectivity index (χ2n) is 8.15. The monoisotopic (exact) mass is 428 g/mol. The van der Waals surface area contributed by atoms with E-state index < -0.39 is 0 Å². The van der Waals surface area contributed by atoms with Gasteiger partial charge >= 0.3 is 0 Å². The lowest BCUT2D eigenvalue weighted by molar-refractivity contribution is -0.0119. The molecule has 1 N–H and O–H groups in total. The molecule has 2 aliphatic heterocycles. The fraction of sp³-hybridized carbons (Fsp3) is 0.609. The number of nitrogens with zero attached hydrogens (tertiary/aromatic N) is 3. The summed E-state index contributed by atoms with van der Waals surface area (Å²) in [4.78, 5) is 23.5. The predicted molar refractivity (Wildman–Crippen MR) is 118 cm³/mol. The number of anilines is 1. The molecule has 0 radical (unpaired) electrons. The number of pyridine rings is 2. The normalized spacial score (nSPS) is 19.8. The molecule has 31 heavy (non-hydrogen) atoms. The molecule has 0 aromatic carbocycles. The summed E-state index contributed by atoms with van der Waals surface area (Å²) in [5.41, 5.74) is 2.23. The standard InChI is InChI=1S/C23H32N4O4/c1-2-25-23(28)20-4-3-18-13-24-14-21(22(18)26-20)27-8-5-19(6-9-27)31-12-11-30-16-17-7-10-29-15-17/h3-4,13-14,17,19H,2,5-12,15-16H2,1H3,(H,25,28). The number of ether oxygens (including phenoxy) is 3. The molecule has 2 aromatic heterocycles. The molecule has 0 saturated carbocycles. The molecule has 4 rings (SSSR count). The van der Waals surface area contributed by atoms with Crippen LogP contribution < -0.4 is 10.2 Å². The van der Waals surface area contributed by atoms with Crippen molar-refractivity contribution in [2.75, 3.05) is 57.6 Å². The van der Waals surface area contributed by atoms with E-state index in [-0.39, 0.29) is 12.0 Å². The summed E-state index contributed by atoms with van der Waals surface area (Å²) in [6.45, 7) is 7.94. The van der Waals surface area contributed by atoms with Crippen molar-refractivity contribution < 1.29 is 19.0 Å². The fourth-order valence-electron chi connectivity index (χ4n) is 4.14. The summed E-state index contributed by atoms with van der Waals surface area (Å²) in [6, 6.07) is 3.66. The summed E-state index contributed by atoms with van der Waals surface area (Å²) < 4.78 is 17.1. The molecular weight excluding hydrogens is 396 g/mol. The lowest BCUT2D eigenvalue weighted by Gasteiger charge is -2.33. The molecular formula is C23H32N4O4. The van der Waals surface area contributed by atoms with Crippen molar-refractivity contribution in [3.63, 3.8) is 0 Å². The van der Waals surface area contributed by atoms with Gasteiger partial charge in [0.25, 0.3) is 5.91 Å². The molecule has 1 atom stereocenters. The van der Waals surface area contributed by atoms with Gasteiger partial charge in [0.1, 0.15) is 5.69 Å². The van der Waals surface area contributed by atoms with Crippen molar-refractivity contribution in [1.82, 2.24) is 15.3 Å². The molecule has 2 aromatic rings. The van der Waals surface area contributed by atoms with E-state index in [9.17, 15) is 4.79 Å². The first kappa shape index (κ1) is 21.9. The van der Waals surface area contributed by atoms with Crippen LogP contribution in [-0.4, -0.2) is 74.6 Å². The van der Waals surface area contributed by atoms with Crippen LogP contribution in [0, 0.1) is 5.92 Å². The van der Waals surface area contributed by atoms with Crippen LogP contribution in [0.15, 0.2) is 24.5 Å². The summed E-state index contributed by atoms with van der Waals surface area (Å²) in [5.74, 6) is 0.390. The van der Waals surface area contributed by atoms with Gasteiger partial charge in [-0.25, -0.2) is 4.98 Å². The van der Waals surface area contributed by atoms with Gasteiger partial charge in [-0.2, -0.15) is 0 Å². The van der Waals surface area contributed by atoms with Crippen molar-refractivity contribution in [2.45, 2.75) is 32.3 Å². The number of hydrogen-bond donors (Lipinski definition) is 1. The maximum absolute atomic E-state index is 12.2. The minimum absolute atomic E-state index is 0.151. The quantitative estimate of drug-likeness (QED) is 0.614. The Balaban J connectivity index is 1.28. The molecule has 2 fully saturated rings. The third-order valence-electron chi connectivity index (χ3n) is 5.89. The van der Waals surface area contributed by atoms with Crippen LogP contribution in [0.1, 0.15) is 36.7 Å². The maximum atomic E-state index is 12.2. The highest BCUT2D eigenvalue weighted by Gasteiger charge is 2.22. The number of carbonyl (C=O) groups excluding carboxylic acids is 1. The molecule has 0 bridgehead atoms.